The minimum Gasteiger partial charge on any atom is -0.354 e. The molecule has 2 aromatic carbocycles. The van der Waals surface area contributed by atoms with Gasteiger partial charge in [-0.1, -0.05) is 48.5 Å². The molecule has 1 heterocycles. The topological polar surface area (TPSA) is 49.4 Å². The van der Waals surface area contributed by atoms with Gasteiger partial charge in [0, 0.05) is 18.8 Å². The Balaban J connectivity index is 1.76. The van der Waals surface area contributed by atoms with Gasteiger partial charge in [0.05, 0.1) is 5.92 Å². The van der Waals surface area contributed by atoms with Crippen molar-refractivity contribution in [3.05, 3.63) is 66.2 Å². The molecule has 0 saturated carbocycles. The van der Waals surface area contributed by atoms with Crippen LogP contribution in [0.15, 0.2) is 60.7 Å². The summed E-state index contributed by atoms with van der Waals surface area (Å²) in [5.74, 6) is -0.481. The maximum absolute atomic E-state index is 13.1. The van der Waals surface area contributed by atoms with E-state index in [0.29, 0.717) is 19.5 Å². The third-order valence-electron chi connectivity index (χ3n) is 4.45. The monoisotopic (exact) mass is 356 g/mol. The molecular weight excluding hydrogens is 336 g/mol. The first-order chi connectivity index (χ1) is 12.1. The van der Waals surface area contributed by atoms with Gasteiger partial charge in [0.1, 0.15) is 5.38 Å². The Morgan fingerprint density at radius 3 is 2.36 bits per heavy atom. The molecule has 0 spiro atoms. The van der Waals surface area contributed by atoms with Crippen LogP contribution in [0.4, 0.5) is 5.69 Å². The number of carbonyl (C=O) groups is 2. The van der Waals surface area contributed by atoms with Crippen LogP contribution in [0.2, 0.25) is 0 Å². The summed E-state index contributed by atoms with van der Waals surface area (Å²) in [5.41, 5.74) is 2.05. The van der Waals surface area contributed by atoms with E-state index in [1.54, 1.807) is 4.90 Å². The van der Waals surface area contributed by atoms with Gasteiger partial charge in [0.15, 0.2) is 0 Å². The number of benzene rings is 2. The second-order valence-electron chi connectivity index (χ2n) is 6.21. The highest BCUT2D eigenvalue weighted by molar-refractivity contribution is 6.31. The first kappa shape index (κ1) is 17.5. The zero-order chi connectivity index (χ0) is 17.6. The van der Waals surface area contributed by atoms with Crippen molar-refractivity contribution in [1.29, 1.82) is 0 Å². The molecule has 3 rings (SSSR count). The van der Waals surface area contributed by atoms with Crippen LogP contribution in [-0.2, 0) is 16.0 Å². The Hall–Kier alpha value is -2.33. The maximum atomic E-state index is 13.1. The number of alkyl halides is 1. The summed E-state index contributed by atoms with van der Waals surface area (Å²) in [6, 6.07) is 19.7. The molecule has 1 N–H and O–H groups in total. The van der Waals surface area contributed by atoms with Crippen LogP contribution in [-0.4, -0.2) is 30.3 Å². The molecule has 2 atom stereocenters. The minimum atomic E-state index is -0.644. The molecular formula is C20H21ClN2O2. The molecule has 130 valence electrons. The van der Waals surface area contributed by atoms with E-state index >= 15 is 0 Å². The van der Waals surface area contributed by atoms with Crippen molar-refractivity contribution < 1.29 is 9.59 Å². The van der Waals surface area contributed by atoms with Crippen LogP contribution in [0.5, 0.6) is 0 Å². The summed E-state index contributed by atoms with van der Waals surface area (Å²) < 4.78 is 0. The van der Waals surface area contributed by atoms with Gasteiger partial charge < -0.3 is 10.2 Å². The molecule has 2 unspecified atom stereocenters. The van der Waals surface area contributed by atoms with Crippen LogP contribution in [0.1, 0.15) is 12.0 Å². The highest BCUT2D eigenvalue weighted by Crippen LogP contribution is 2.23. The van der Waals surface area contributed by atoms with Crippen molar-refractivity contribution in [3.63, 3.8) is 0 Å². The molecule has 0 aliphatic carbocycles. The van der Waals surface area contributed by atoms with E-state index in [4.69, 9.17) is 11.6 Å². The first-order valence-electron chi connectivity index (χ1n) is 8.47. The Kier molecular flexibility index (Phi) is 5.71. The fraction of sp³-hybridized carbons (Fsp3) is 0.300. The van der Waals surface area contributed by atoms with Crippen molar-refractivity contribution >= 4 is 29.1 Å². The van der Waals surface area contributed by atoms with Gasteiger partial charge in [-0.15, -0.1) is 11.6 Å². The summed E-state index contributed by atoms with van der Waals surface area (Å²) in [5, 5.41) is 2.08. The summed E-state index contributed by atoms with van der Waals surface area (Å²) in [4.78, 5) is 26.4. The van der Waals surface area contributed by atoms with E-state index in [-0.39, 0.29) is 17.7 Å². The smallest absolute Gasteiger partial charge is 0.238 e. The van der Waals surface area contributed by atoms with Gasteiger partial charge in [-0.25, -0.2) is 0 Å². The van der Waals surface area contributed by atoms with Crippen molar-refractivity contribution in [2.75, 3.05) is 18.0 Å². The molecule has 1 aliphatic heterocycles. The number of hydrogen-bond donors (Lipinski definition) is 1. The predicted octanol–water partition coefficient (Wildman–Crippen LogP) is 3.01. The van der Waals surface area contributed by atoms with E-state index in [1.807, 2.05) is 48.5 Å². The lowest BCUT2D eigenvalue weighted by Crippen LogP contribution is -2.49. The van der Waals surface area contributed by atoms with Crippen LogP contribution >= 0.6 is 11.6 Å². The summed E-state index contributed by atoms with van der Waals surface area (Å²) >= 11 is 6.05. The standard InChI is InChI=1S/C20H21ClN2O2/c21-18-13-16(14-22-19(18)24)20(25)23(17-9-5-2-6-10-17)12-11-15-7-3-1-4-8-15/h1-10,16,18H,11-14H2,(H,22,24). The second-order valence-corrected chi connectivity index (χ2v) is 6.73. The zero-order valence-electron chi connectivity index (χ0n) is 13.9. The largest absolute Gasteiger partial charge is 0.354 e. The van der Waals surface area contributed by atoms with Gasteiger partial charge in [0.2, 0.25) is 11.8 Å². The Morgan fingerprint density at radius 2 is 1.72 bits per heavy atom. The molecule has 0 radical (unpaired) electrons. The van der Waals surface area contributed by atoms with Crippen molar-refractivity contribution in [1.82, 2.24) is 5.32 Å². The van der Waals surface area contributed by atoms with Crippen LogP contribution in [0.3, 0.4) is 0 Å². The number of hydrogen-bond acceptors (Lipinski definition) is 2. The van der Waals surface area contributed by atoms with Crippen molar-refractivity contribution in [2.24, 2.45) is 5.92 Å². The van der Waals surface area contributed by atoms with Crippen LogP contribution < -0.4 is 10.2 Å². The number of nitrogens with one attached hydrogen (secondary N) is 1. The maximum Gasteiger partial charge on any atom is 0.238 e. The van der Waals surface area contributed by atoms with Crippen molar-refractivity contribution in [2.45, 2.75) is 18.2 Å². The van der Waals surface area contributed by atoms with E-state index in [2.05, 4.69) is 17.4 Å². The van der Waals surface area contributed by atoms with E-state index in [0.717, 1.165) is 12.1 Å². The Bertz CT molecular complexity index is 721. The lowest BCUT2D eigenvalue weighted by Gasteiger charge is -2.31. The number of piperidine rings is 1. The van der Waals surface area contributed by atoms with Crippen LogP contribution in [0, 0.1) is 5.92 Å². The molecule has 25 heavy (non-hydrogen) atoms. The number of amides is 2. The van der Waals surface area contributed by atoms with Gasteiger partial charge in [-0.05, 0) is 30.5 Å². The fourth-order valence-electron chi connectivity index (χ4n) is 3.04. The highest BCUT2D eigenvalue weighted by Gasteiger charge is 2.33. The fourth-order valence-corrected chi connectivity index (χ4v) is 3.34. The number of nitrogens with zero attached hydrogens (tertiary/aromatic N) is 1. The molecule has 2 amide bonds. The predicted molar refractivity (Wildman–Crippen MR) is 99.7 cm³/mol. The van der Waals surface area contributed by atoms with Crippen LogP contribution in [0.25, 0.3) is 0 Å². The molecule has 0 bridgehead atoms. The summed E-state index contributed by atoms with van der Waals surface area (Å²) in [7, 11) is 0. The molecule has 1 fully saturated rings. The lowest BCUT2D eigenvalue weighted by atomic mass is 9.96. The molecule has 1 aliphatic rings. The zero-order valence-corrected chi connectivity index (χ0v) is 14.7. The Morgan fingerprint density at radius 1 is 1.08 bits per heavy atom. The third kappa shape index (κ3) is 4.40. The average Bonchev–Trinajstić information content (AvgIpc) is 2.66. The SMILES string of the molecule is O=C1NCC(C(=O)N(CCc2ccccc2)c2ccccc2)CC1Cl. The summed E-state index contributed by atoms with van der Waals surface area (Å²) in [6.07, 6.45) is 1.14. The van der Waals surface area contributed by atoms with Crippen molar-refractivity contribution in [3.8, 4) is 0 Å². The van der Waals surface area contributed by atoms with E-state index in [1.165, 1.54) is 5.56 Å². The van der Waals surface area contributed by atoms with Gasteiger partial charge in [0.25, 0.3) is 0 Å². The second kappa shape index (κ2) is 8.17. The quantitative estimate of drug-likeness (QED) is 0.837. The minimum absolute atomic E-state index is 0.00720. The lowest BCUT2D eigenvalue weighted by molar-refractivity contribution is -0.127. The number of para-hydroxylation sites is 1. The first-order valence-corrected chi connectivity index (χ1v) is 8.91. The Labute approximate surface area is 152 Å². The normalized spacial score (nSPS) is 20.0. The third-order valence-corrected chi connectivity index (χ3v) is 4.83. The number of anilines is 1. The van der Waals surface area contributed by atoms with Gasteiger partial charge in [-0.2, -0.15) is 0 Å². The highest BCUT2D eigenvalue weighted by atomic mass is 35.5. The number of halogens is 1. The van der Waals surface area contributed by atoms with Gasteiger partial charge >= 0.3 is 0 Å². The molecule has 1 saturated heterocycles. The molecule has 4 nitrogen and oxygen atoms in total. The average molecular weight is 357 g/mol. The number of rotatable bonds is 5. The van der Waals surface area contributed by atoms with E-state index in [9.17, 15) is 9.59 Å². The molecule has 0 aromatic heterocycles. The van der Waals surface area contributed by atoms with Gasteiger partial charge in [-0.3, -0.25) is 9.59 Å². The molecule has 5 heteroatoms. The van der Waals surface area contributed by atoms with E-state index < -0.39 is 5.38 Å². The summed E-state index contributed by atoms with van der Waals surface area (Å²) in [6.45, 7) is 0.930. The molecule has 2 aromatic rings. The number of carbonyl (C=O) groups excluding carboxylic acids is 2.